The zero-order chi connectivity index (χ0) is 12.5. The molecule has 0 fully saturated rings. The molecule has 1 aromatic carbocycles. The highest BCUT2D eigenvalue weighted by Gasteiger charge is 2.01. The fourth-order valence-corrected chi connectivity index (χ4v) is 1.30. The lowest BCUT2D eigenvalue weighted by Crippen LogP contribution is -2.34. The van der Waals surface area contributed by atoms with Crippen molar-refractivity contribution >= 4 is 18.3 Å². The van der Waals surface area contributed by atoms with Gasteiger partial charge in [0.25, 0.3) is 5.91 Å². The number of carbonyl (C=O) groups is 1. The van der Waals surface area contributed by atoms with Crippen LogP contribution in [0.4, 0.5) is 0 Å². The van der Waals surface area contributed by atoms with E-state index in [9.17, 15) is 4.79 Å². The van der Waals surface area contributed by atoms with Crippen LogP contribution in [-0.4, -0.2) is 32.1 Å². The molecule has 0 aliphatic carbocycles. The zero-order valence-corrected chi connectivity index (χ0v) is 11.7. The third kappa shape index (κ3) is 7.14. The highest BCUT2D eigenvalue weighted by atomic mass is 35.5. The molecular formula is C13H21ClN2O2. The summed E-state index contributed by atoms with van der Waals surface area (Å²) in [5, 5.41) is 5.90. The van der Waals surface area contributed by atoms with E-state index < -0.39 is 0 Å². The van der Waals surface area contributed by atoms with Gasteiger partial charge in [0.2, 0.25) is 0 Å². The maximum atomic E-state index is 11.4. The molecule has 0 aliphatic rings. The van der Waals surface area contributed by atoms with Crippen molar-refractivity contribution in [1.82, 2.24) is 10.6 Å². The quantitative estimate of drug-likeness (QED) is 0.740. The van der Waals surface area contributed by atoms with Gasteiger partial charge >= 0.3 is 0 Å². The number of hydrogen-bond acceptors (Lipinski definition) is 3. The normalized spacial score (nSPS) is 9.44. The summed E-state index contributed by atoms with van der Waals surface area (Å²) < 4.78 is 5.35. The first kappa shape index (κ1) is 16.7. The standard InChI is InChI=1S/C13H20N2O2.ClH/c1-3-14-8-9-15-13(16)10-17-12-6-4-11(2)5-7-12;/h4-7,14H,3,8-10H2,1-2H3,(H,15,16);1H. The lowest BCUT2D eigenvalue weighted by Gasteiger charge is -2.07. The highest BCUT2D eigenvalue weighted by molar-refractivity contribution is 5.85. The van der Waals surface area contributed by atoms with Crippen molar-refractivity contribution in [3.05, 3.63) is 29.8 Å². The van der Waals surface area contributed by atoms with Gasteiger partial charge in [0.05, 0.1) is 0 Å². The Morgan fingerprint density at radius 1 is 1.22 bits per heavy atom. The number of rotatable bonds is 7. The predicted molar refractivity (Wildman–Crippen MR) is 75.5 cm³/mol. The van der Waals surface area contributed by atoms with Crippen LogP contribution in [0.3, 0.4) is 0 Å². The maximum Gasteiger partial charge on any atom is 0.257 e. The Morgan fingerprint density at radius 3 is 2.50 bits per heavy atom. The van der Waals surface area contributed by atoms with Crippen LogP contribution in [0.1, 0.15) is 12.5 Å². The van der Waals surface area contributed by atoms with Crippen LogP contribution in [0.25, 0.3) is 0 Å². The van der Waals surface area contributed by atoms with Gasteiger partial charge < -0.3 is 15.4 Å². The molecule has 0 aliphatic heterocycles. The van der Waals surface area contributed by atoms with Crippen LogP contribution in [0.5, 0.6) is 5.75 Å². The number of aryl methyl sites for hydroxylation is 1. The molecule has 0 aromatic heterocycles. The number of benzene rings is 1. The SMILES string of the molecule is CCNCCNC(=O)COc1ccc(C)cc1.Cl. The number of ether oxygens (including phenoxy) is 1. The molecule has 0 saturated heterocycles. The van der Waals surface area contributed by atoms with E-state index in [4.69, 9.17) is 4.74 Å². The molecule has 2 N–H and O–H groups in total. The fourth-order valence-electron chi connectivity index (χ4n) is 1.30. The topological polar surface area (TPSA) is 50.4 Å². The molecule has 0 saturated carbocycles. The molecule has 0 unspecified atom stereocenters. The molecular weight excluding hydrogens is 252 g/mol. The van der Waals surface area contributed by atoms with Crippen LogP contribution in [0.15, 0.2) is 24.3 Å². The van der Waals surface area contributed by atoms with E-state index in [1.165, 1.54) is 5.56 Å². The minimum absolute atomic E-state index is 0. The van der Waals surface area contributed by atoms with E-state index in [1.807, 2.05) is 38.1 Å². The number of likely N-dealkylation sites (N-methyl/N-ethyl adjacent to an activating group) is 1. The number of carbonyl (C=O) groups excluding carboxylic acids is 1. The molecule has 1 rings (SSSR count). The van der Waals surface area contributed by atoms with Gasteiger partial charge in [-0.3, -0.25) is 4.79 Å². The summed E-state index contributed by atoms with van der Waals surface area (Å²) in [4.78, 5) is 11.4. The second-order valence-electron chi connectivity index (χ2n) is 3.81. The van der Waals surface area contributed by atoms with Crippen LogP contribution >= 0.6 is 12.4 Å². The monoisotopic (exact) mass is 272 g/mol. The van der Waals surface area contributed by atoms with Gasteiger partial charge in [-0.05, 0) is 25.6 Å². The summed E-state index contributed by atoms with van der Waals surface area (Å²) in [6.07, 6.45) is 0. The minimum Gasteiger partial charge on any atom is -0.484 e. The number of nitrogens with one attached hydrogen (secondary N) is 2. The van der Waals surface area contributed by atoms with Crippen LogP contribution in [0.2, 0.25) is 0 Å². The largest absolute Gasteiger partial charge is 0.484 e. The van der Waals surface area contributed by atoms with Crippen molar-refractivity contribution in [2.75, 3.05) is 26.2 Å². The van der Waals surface area contributed by atoms with Gasteiger partial charge in [0.1, 0.15) is 5.75 Å². The average Bonchev–Trinajstić information content (AvgIpc) is 2.34. The van der Waals surface area contributed by atoms with Crippen LogP contribution < -0.4 is 15.4 Å². The predicted octanol–water partition coefficient (Wildman–Crippen LogP) is 1.52. The lowest BCUT2D eigenvalue weighted by molar-refractivity contribution is -0.123. The molecule has 1 amide bonds. The third-order valence-electron chi connectivity index (χ3n) is 2.26. The Labute approximate surface area is 115 Å². The Hall–Kier alpha value is -1.26. The van der Waals surface area contributed by atoms with Gasteiger partial charge in [-0.25, -0.2) is 0 Å². The molecule has 0 heterocycles. The smallest absolute Gasteiger partial charge is 0.257 e. The van der Waals surface area contributed by atoms with E-state index in [2.05, 4.69) is 10.6 Å². The highest BCUT2D eigenvalue weighted by Crippen LogP contribution is 2.10. The van der Waals surface area contributed by atoms with Crippen LogP contribution in [-0.2, 0) is 4.79 Å². The molecule has 102 valence electrons. The first-order chi connectivity index (χ1) is 8.22. The third-order valence-corrected chi connectivity index (χ3v) is 2.26. The van der Waals surface area contributed by atoms with Gasteiger partial charge in [0, 0.05) is 13.1 Å². The van der Waals surface area contributed by atoms with E-state index in [0.717, 1.165) is 18.8 Å². The van der Waals surface area contributed by atoms with Crippen molar-refractivity contribution in [3.8, 4) is 5.75 Å². The first-order valence-corrected chi connectivity index (χ1v) is 5.89. The number of halogens is 1. The summed E-state index contributed by atoms with van der Waals surface area (Å²) in [5.41, 5.74) is 1.17. The minimum atomic E-state index is -0.0940. The molecule has 5 heteroatoms. The van der Waals surface area contributed by atoms with Crippen LogP contribution in [0, 0.1) is 6.92 Å². The van der Waals surface area contributed by atoms with Crippen molar-refractivity contribution in [3.63, 3.8) is 0 Å². The van der Waals surface area contributed by atoms with E-state index >= 15 is 0 Å². The summed E-state index contributed by atoms with van der Waals surface area (Å²) in [7, 11) is 0. The second-order valence-corrected chi connectivity index (χ2v) is 3.81. The molecule has 0 bridgehead atoms. The van der Waals surface area contributed by atoms with E-state index in [-0.39, 0.29) is 24.9 Å². The summed E-state index contributed by atoms with van der Waals surface area (Å²) >= 11 is 0. The first-order valence-electron chi connectivity index (χ1n) is 5.89. The molecule has 1 aromatic rings. The van der Waals surface area contributed by atoms with Crippen molar-refractivity contribution in [2.45, 2.75) is 13.8 Å². The lowest BCUT2D eigenvalue weighted by atomic mass is 10.2. The van der Waals surface area contributed by atoms with Crippen molar-refractivity contribution < 1.29 is 9.53 Å². The molecule has 0 spiro atoms. The average molecular weight is 273 g/mol. The van der Waals surface area contributed by atoms with Gasteiger partial charge in [-0.2, -0.15) is 0 Å². The number of amides is 1. The fraction of sp³-hybridized carbons (Fsp3) is 0.462. The molecule has 4 nitrogen and oxygen atoms in total. The van der Waals surface area contributed by atoms with E-state index in [0.29, 0.717) is 6.54 Å². The Bertz CT molecular complexity index is 341. The van der Waals surface area contributed by atoms with Gasteiger partial charge in [-0.15, -0.1) is 12.4 Å². The van der Waals surface area contributed by atoms with E-state index in [1.54, 1.807) is 0 Å². The molecule has 18 heavy (non-hydrogen) atoms. The Kier molecular flexibility index (Phi) is 9.06. The Balaban J connectivity index is 0.00000289. The summed E-state index contributed by atoms with van der Waals surface area (Å²) in [6.45, 7) is 6.43. The van der Waals surface area contributed by atoms with Crippen molar-refractivity contribution in [2.24, 2.45) is 0 Å². The maximum absolute atomic E-state index is 11.4. The molecule has 0 atom stereocenters. The summed E-state index contributed by atoms with van der Waals surface area (Å²) in [6, 6.07) is 7.64. The van der Waals surface area contributed by atoms with Gasteiger partial charge in [0.15, 0.2) is 6.61 Å². The van der Waals surface area contributed by atoms with Gasteiger partial charge in [-0.1, -0.05) is 24.6 Å². The zero-order valence-electron chi connectivity index (χ0n) is 10.9. The second kappa shape index (κ2) is 9.74. The molecule has 0 radical (unpaired) electrons. The summed E-state index contributed by atoms with van der Waals surface area (Å²) in [5.74, 6) is 0.626. The Morgan fingerprint density at radius 2 is 1.89 bits per heavy atom. The number of hydrogen-bond donors (Lipinski definition) is 2. The van der Waals surface area contributed by atoms with Crippen molar-refractivity contribution in [1.29, 1.82) is 0 Å².